The van der Waals surface area contributed by atoms with E-state index in [0.717, 1.165) is 0 Å². The van der Waals surface area contributed by atoms with Crippen molar-refractivity contribution >= 4 is 5.82 Å². The molecule has 0 fully saturated rings. The number of nitrogen functional groups attached to an aromatic ring is 1. The standard InChI is InChI=1S/C21H16FN7O2/c1-10-14-6-12(22)3-4-13(14)20-15(26-29(2)27-20)7-17-19(16(8-23)28-31-17)11-5-18(30-10)21(24)25-9-11/h3-6,9-10H,7H2,1-2H3,(H2,24,25)/t10-/m1/s1. The Morgan fingerprint density at radius 3 is 2.94 bits per heavy atom. The molecule has 2 bridgehead atoms. The van der Waals surface area contributed by atoms with E-state index in [1.54, 1.807) is 26.1 Å². The summed E-state index contributed by atoms with van der Waals surface area (Å²) in [4.78, 5) is 5.64. The van der Waals surface area contributed by atoms with Crippen molar-refractivity contribution in [3.63, 3.8) is 0 Å². The van der Waals surface area contributed by atoms with Crippen LogP contribution in [0.15, 0.2) is 35.0 Å². The largest absolute Gasteiger partial charge is 0.482 e. The predicted octanol–water partition coefficient (Wildman–Crippen LogP) is 3.17. The first-order valence-corrected chi connectivity index (χ1v) is 9.45. The van der Waals surface area contributed by atoms with Crippen LogP contribution in [0, 0.1) is 17.1 Å². The fourth-order valence-electron chi connectivity index (χ4n) is 3.77. The highest BCUT2D eigenvalue weighted by Crippen LogP contribution is 2.38. The molecule has 1 aliphatic rings. The molecule has 9 nitrogen and oxygen atoms in total. The number of anilines is 1. The number of aromatic nitrogens is 5. The van der Waals surface area contributed by atoms with Gasteiger partial charge >= 0.3 is 0 Å². The molecule has 10 heteroatoms. The molecule has 0 aliphatic carbocycles. The molecule has 0 saturated heterocycles. The first-order chi connectivity index (χ1) is 14.9. The van der Waals surface area contributed by atoms with Gasteiger partial charge in [-0.3, -0.25) is 0 Å². The van der Waals surface area contributed by atoms with Gasteiger partial charge in [0.1, 0.15) is 23.7 Å². The number of nitrogens with two attached hydrogens (primary N) is 1. The van der Waals surface area contributed by atoms with Crippen molar-refractivity contribution in [1.29, 1.82) is 5.26 Å². The number of pyridine rings is 1. The van der Waals surface area contributed by atoms with Crippen LogP contribution < -0.4 is 10.5 Å². The molecule has 4 aromatic rings. The monoisotopic (exact) mass is 417 g/mol. The third-order valence-corrected chi connectivity index (χ3v) is 5.16. The third-order valence-electron chi connectivity index (χ3n) is 5.16. The van der Waals surface area contributed by atoms with Crippen molar-refractivity contribution in [3.8, 4) is 34.2 Å². The average molecular weight is 417 g/mol. The van der Waals surface area contributed by atoms with Crippen molar-refractivity contribution in [2.45, 2.75) is 19.4 Å². The molecule has 4 heterocycles. The quantitative estimate of drug-likeness (QED) is 0.462. The van der Waals surface area contributed by atoms with Crippen LogP contribution in [0.5, 0.6) is 5.75 Å². The molecule has 0 unspecified atom stereocenters. The Bertz CT molecular complexity index is 1370. The molecular weight excluding hydrogens is 401 g/mol. The lowest BCUT2D eigenvalue weighted by molar-refractivity contribution is 0.227. The Morgan fingerprint density at radius 2 is 2.13 bits per heavy atom. The Hall–Kier alpha value is -4.26. The van der Waals surface area contributed by atoms with Crippen LogP contribution in [0.3, 0.4) is 0 Å². The Labute approximate surface area is 175 Å². The van der Waals surface area contributed by atoms with E-state index in [1.165, 1.54) is 23.1 Å². The molecule has 1 atom stereocenters. The van der Waals surface area contributed by atoms with Gasteiger partial charge in [-0.2, -0.15) is 20.3 Å². The lowest BCUT2D eigenvalue weighted by Gasteiger charge is -2.20. The van der Waals surface area contributed by atoms with E-state index in [1.807, 2.05) is 6.07 Å². The van der Waals surface area contributed by atoms with Crippen LogP contribution in [0.4, 0.5) is 10.2 Å². The first kappa shape index (κ1) is 18.7. The Kier molecular flexibility index (Phi) is 4.18. The van der Waals surface area contributed by atoms with Gasteiger partial charge in [0.25, 0.3) is 0 Å². The normalized spacial score (nSPS) is 14.8. The molecule has 5 rings (SSSR count). The number of halogens is 1. The Morgan fingerprint density at radius 1 is 1.29 bits per heavy atom. The zero-order chi connectivity index (χ0) is 21.7. The summed E-state index contributed by atoms with van der Waals surface area (Å²) >= 11 is 0. The fraction of sp³-hybridized carbons (Fsp3) is 0.190. The van der Waals surface area contributed by atoms with Gasteiger partial charge in [-0.25, -0.2) is 9.37 Å². The average Bonchev–Trinajstić information content (AvgIpc) is 3.32. The van der Waals surface area contributed by atoms with Crippen molar-refractivity contribution in [3.05, 3.63) is 59.0 Å². The van der Waals surface area contributed by atoms with E-state index in [0.29, 0.717) is 45.2 Å². The summed E-state index contributed by atoms with van der Waals surface area (Å²) in [6.45, 7) is 1.79. The number of hydrogen-bond acceptors (Lipinski definition) is 8. The number of fused-ring (bicyclic) bond motifs is 7. The number of rotatable bonds is 0. The van der Waals surface area contributed by atoms with Crippen molar-refractivity contribution in [2.24, 2.45) is 7.05 Å². The maximum atomic E-state index is 14.2. The predicted molar refractivity (Wildman–Crippen MR) is 107 cm³/mol. The summed E-state index contributed by atoms with van der Waals surface area (Å²) in [5, 5.41) is 22.4. The van der Waals surface area contributed by atoms with Gasteiger partial charge in [0, 0.05) is 29.9 Å². The molecule has 154 valence electrons. The lowest BCUT2D eigenvalue weighted by Crippen LogP contribution is -2.09. The van der Waals surface area contributed by atoms with Crippen LogP contribution in [-0.4, -0.2) is 25.1 Å². The first-order valence-electron chi connectivity index (χ1n) is 9.45. The second-order valence-corrected chi connectivity index (χ2v) is 7.20. The maximum absolute atomic E-state index is 14.2. The Balaban J connectivity index is 1.82. The van der Waals surface area contributed by atoms with Crippen LogP contribution in [0.1, 0.15) is 35.7 Å². The number of nitriles is 1. The number of hydrogen-bond donors (Lipinski definition) is 1. The van der Waals surface area contributed by atoms with E-state index in [2.05, 4.69) is 20.3 Å². The summed E-state index contributed by atoms with van der Waals surface area (Å²) in [6, 6.07) is 8.13. The van der Waals surface area contributed by atoms with Gasteiger partial charge in [0.15, 0.2) is 23.0 Å². The second-order valence-electron chi connectivity index (χ2n) is 7.20. The number of ether oxygens (including phenoxy) is 1. The minimum atomic E-state index is -0.572. The fourth-order valence-corrected chi connectivity index (χ4v) is 3.77. The van der Waals surface area contributed by atoms with Gasteiger partial charge in [0.05, 0.1) is 17.7 Å². The van der Waals surface area contributed by atoms with Gasteiger partial charge in [-0.05, 0) is 31.2 Å². The zero-order valence-electron chi connectivity index (χ0n) is 16.6. The van der Waals surface area contributed by atoms with Gasteiger partial charge < -0.3 is 15.0 Å². The molecule has 0 saturated carbocycles. The van der Waals surface area contributed by atoms with E-state index >= 15 is 0 Å². The molecule has 0 amide bonds. The van der Waals surface area contributed by atoms with Crippen LogP contribution in [0.2, 0.25) is 0 Å². The molecule has 0 radical (unpaired) electrons. The van der Waals surface area contributed by atoms with Crippen LogP contribution in [0.25, 0.3) is 22.4 Å². The van der Waals surface area contributed by atoms with Crippen LogP contribution in [-0.2, 0) is 13.5 Å². The van der Waals surface area contributed by atoms with Crippen molar-refractivity contribution in [2.75, 3.05) is 5.73 Å². The number of benzene rings is 1. The second kappa shape index (κ2) is 6.91. The summed E-state index contributed by atoms with van der Waals surface area (Å²) < 4.78 is 25.7. The van der Waals surface area contributed by atoms with Gasteiger partial charge in [0.2, 0.25) is 0 Å². The molecule has 1 aromatic carbocycles. The maximum Gasteiger partial charge on any atom is 0.191 e. The summed E-state index contributed by atoms with van der Waals surface area (Å²) in [6.07, 6.45) is 1.18. The van der Waals surface area contributed by atoms with E-state index in [4.69, 9.17) is 15.0 Å². The number of aryl methyl sites for hydroxylation is 1. The van der Waals surface area contributed by atoms with Gasteiger partial charge in [-0.1, -0.05) is 5.16 Å². The minimum Gasteiger partial charge on any atom is -0.482 e. The highest BCUT2D eigenvalue weighted by Gasteiger charge is 2.26. The molecule has 31 heavy (non-hydrogen) atoms. The highest BCUT2D eigenvalue weighted by molar-refractivity contribution is 5.74. The van der Waals surface area contributed by atoms with E-state index in [-0.39, 0.29) is 17.9 Å². The molecule has 1 aliphatic heterocycles. The highest BCUT2D eigenvalue weighted by atomic mass is 19.1. The summed E-state index contributed by atoms with van der Waals surface area (Å²) in [5.74, 6) is 0.495. The van der Waals surface area contributed by atoms with E-state index in [9.17, 15) is 9.65 Å². The summed E-state index contributed by atoms with van der Waals surface area (Å²) in [7, 11) is 1.70. The van der Waals surface area contributed by atoms with Gasteiger partial charge in [-0.15, -0.1) is 0 Å². The molecule has 3 aromatic heterocycles. The van der Waals surface area contributed by atoms with Crippen molar-refractivity contribution in [1.82, 2.24) is 25.1 Å². The molecule has 0 spiro atoms. The van der Waals surface area contributed by atoms with Crippen molar-refractivity contribution < 1.29 is 13.7 Å². The third kappa shape index (κ3) is 3.07. The SMILES string of the molecule is C[C@H]1Oc2cc(cnc2N)-c2c(C#N)noc2Cc2nn(C)nc2-c2ccc(F)cc21. The van der Waals surface area contributed by atoms with E-state index < -0.39 is 11.9 Å². The smallest absolute Gasteiger partial charge is 0.191 e. The van der Waals surface area contributed by atoms with Crippen LogP contribution >= 0.6 is 0 Å². The lowest BCUT2D eigenvalue weighted by atomic mass is 9.96. The summed E-state index contributed by atoms with van der Waals surface area (Å²) in [5.41, 5.74) is 9.61. The molecule has 2 N–H and O–H groups in total. The number of nitrogens with zero attached hydrogens (tertiary/aromatic N) is 6. The molecular formula is C21H16FN7O2. The topological polar surface area (TPSA) is 129 Å². The zero-order valence-corrected chi connectivity index (χ0v) is 16.6. The minimum absolute atomic E-state index is 0.116.